The van der Waals surface area contributed by atoms with E-state index in [-0.39, 0.29) is 50.9 Å². The molecule has 2 aliphatic heterocycles. The number of hydrogen-bond acceptors (Lipinski definition) is 25. The molecular formula is C63H105N17O24S2. The monoisotopic (exact) mass is 1550 g/mol. The predicted octanol–water partition coefficient (Wildman–Crippen LogP) is -9.93. The van der Waals surface area contributed by atoms with Gasteiger partial charge < -0.3 is 120 Å². The highest BCUT2D eigenvalue weighted by Crippen LogP contribution is 2.22. The molecule has 16 amide bonds. The van der Waals surface area contributed by atoms with Crippen LogP contribution in [0.5, 0.6) is 0 Å². The quantitative estimate of drug-likeness (QED) is 0.0252. The van der Waals surface area contributed by atoms with Crippen LogP contribution in [-0.2, 0) is 86.3 Å². The summed E-state index contributed by atoms with van der Waals surface area (Å²) < 4.78 is 0. The number of amides is 16. The van der Waals surface area contributed by atoms with Crippen molar-refractivity contribution in [3.63, 3.8) is 0 Å². The highest BCUT2D eigenvalue weighted by molar-refractivity contribution is 7.98. The Bertz CT molecular complexity index is 3150. The zero-order valence-electron chi connectivity index (χ0n) is 61.0. The maximum absolute atomic E-state index is 13.9. The van der Waals surface area contributed by atoms with Crippen LogP contribution in [0, 0.1) is 11.8 Å². The second-order valence-corrected chi connectivity index (χ2v) is 27.4. The highest BCUT2D eigenvalue weighted by Gasteiger charge is 2.43. The van der Waals surface area contributed by atoms with Crippen LogP contribution in [0.3, 0.4) is 0 Å². The number of carbonyl (C=O) groups excluding carboxylic acids is 16. The van der Waals surface area contributed by atoms with Gasteiger partial charge in [0.1, 0.15) is 72.5 Å². The van der Waals surface area contributed by atoms with E-state index in [0.717, 1.165) is 28.5 Å². The molecule has 598 valence electrons. The molecule has 0 radical (unpaired) electrons. The zero-order chi connectivity index (χ0) is 80.7. The number of nitrogens with zero attached hydrogens (tertiary/aromatic N) is 3. The Morgan fingerprint density at radius 1 is 0.519 bits per heavy atom. The van der Waals surface area contributed by atoms with Crippen LogP contribution in [0.4, 0.5) is 0 Å². The lowest BCUT2D eigenvalue weighted by Gasteiger charge is -2.30. The summed E-state index contributed by atoms with van der Waals surface area (Å²) in [5.41, 5.74) is 5.57. The molecule has 2 rings (SSSR count). The Hall–Kier alpha value is -9.04. The van der Waals surface area contributed by atoms with Crippen molar-refractivity contribution in [2.45, 2.75) is 204 Å². The molecule has 43 heteroatoms. The number of nitrogens with one attached hydrogen (secondary N) is 13. The van der Waals surface area contributed by atoms with E-state index in [1.165, 1.54) is 39.6 Å². The maximum atomic E-state index is 13.9. The van der Waals surface area contributed by atoms with Gasteiger partial charge in [0.15, 0.2) is 6.04 Å². The summed E-state index contributed by atoms with van der Waals surface area (Å²) in [5.74, 6) is -18.7. The molecule has 0 aromatic rings. The molecule has 0 unspecified atom stereocenters. The van der Waals surface area contributed by atoms with Gasteiger partial charge >= 0.3 is 11.9 Å². The normalized spacial score (nSPS) is 18.3. The number of carboxylic acids is 2. The second kappa shape index (κ2) is 45.5. The summed E-state index contributed by atoms with van der Waals surface area (Å²) in [6, 6.07) is -20.0. The van der Waals surface area contributed by atoms with Crippen molar-refractivity contribution in [3.8, 4) is 0 Å². The average Bonchev–Trinajstić information content (AvgIpc) is 1.62. The fraction of sp³-hybridized carbons (Fsp3) is 0.714. The Balaban J connectivity index is 2.01. The molecule has 0 aliphatic carbocycles. The van der Waals surface area contributed by atoms with Gasteiger partial charge in [-0.05, 0) is 90.6 Å². The molecule has 2 saturated heterocycles. The number of rotatable bonds is 44. The first kappa shape index (κ1) is 93.0. The number of hydrogen-bond donors (Lipinski definition) is 21. The third kappa shape index (κ3) is 29.4. The van der Waals surface area contributed by atoms with Crippen LogP contribution in [0.2, 0.25) is 0 Å². The number of aliphatic carboxylic acids is 2. The summed E-state index contributed by atoms with van der Waals surface area (Å²) in [5, 5.41) is 89.6. The van der Waals surface area contributed by atoms with Gasteiger partial charge in [-0.3, -0.25) is 81.5 Å². The smallest absolute Gasteiger partial charge is 0.328 e. The Morgan fingerprint density at radius 2 is 0.991 bits per heavy atom. The van der Waals surface area contributed by atoms with Crippen molar-refractivity contribution in [1.29, 1.82) is 0 Å². The van der Waals surface area contributed by atoms with Gasteiger partial charge in [0.2, 0.25) is 94.5 Å². The molecule has 41 nitrogen and oxygen atoms in total. The van der Waals surface area contributed by atoms with Crippen molar-refractivity contribution in [2.24, 2.45) is 17.6 Å². The lowest BCUT2D eigenvalue weighted by atomic mass is 9.97. The summed E-state index contributed by atoms with van der Waals surface area (Å²) >= 11 is 5.37. The number of nitrogens with two attached hydrogens (primary N) is 1. The van der Waals surface area contributed by atoms with Crippen LogP contribution in [0.1, 0.15) is 107 Å². The van der Waals surface area contributed by atoms with Gasteiger partial charge in [-0.25, -0.2) is 4.79 Å². The lowest BCUT2D eigenvalue weighted by molar-refractivity contribution is -0.145. The molecule has 2 fully saturated rings. The first-order chi connectivity index (χ1) is 49.6. The van der Waals surface area contributed by atoms with Crippen LogP contribution < -0.4 is 74.9 Å². The van der Waals surface area contributed by atoms with Crippen molar-refractivity contribution in [1.82, 2.24) is 83.8 Å². The van der Waals surface area contributed by atoms with Gasteiger partial charge in [-0.15, -0.1) is 0 Å². The highest BCUT2D eigenvalue weighted by atomic mass is 32.2. The zero-order valence-corrected chi connectivity index (χ0v) is 62.7. The molecule has 0 aromatic heterocycles. The van der Waals surface area contributed by atoms with E-state index >= 15 is 0 Å². The molecule has 0 spiro atoms. The number of thiol groups is 1. The standard InChI is InChI=1S/C63H105N17O24S2/c1-12-29(4)47(59(99)76-48(33(8)83)57(97)66-22-42(85)70-36(17-20-106-11)53(93)73-39(27-105)54(94)77-49(34(9)84)63(103)104)74-43(86)23-65-50(90)30(5)68-58(98)46(28(2)3)75-56(96)41-16-14-19-80(41)61(101)37(25-81)71-51(91)31(6)67-44(87)24-78(10)60(100)32(7)69-55(95)40-15-13-18-79(40)62(102)38(26-82)72-52(92)35(64)21-45(88)89/h28-41,46-49,81-84,105H,12-27,64H2,1-11H3,(H,65,90)(H,66,97)(H,67,87)(H,68,98)(H,69,95)(H,70,85)(H,71,91)(H,72,92)(H,73,93)(H,74,86)(H,75,96)(H,76,99)(H,77,94)(H,88,89)(H,103,104)/t29-,30-,31-,32-,33+,34+,35-,36-,37-,38-,39-,40-,41-,46-,47-,48-,49-/m0/s1. The Labute approximate surface area is 621 Å². The summed E-state index contributed by atoms with van der Waals surface area (Å²) in [4.78, 5) is 239. The largest absolute Gasteiger partial charge is 0.481 e. The molecule has 106 heavy (non-hydrogen) atoms. The average molecular weight is 1550 g/mol. The SMILES string of the molecule is CC[C@H](C)[C@H](NC(=O)CNC(=O)[C@H](C)NC(=O)[C@@H](NC(=O)[C@@H]1CCCN1C(=O)[C@H](CO)NC(=O)[C@H](C)NC(=O)CN(C)C(=O)[C@H](C)NC(=O)[C@@H]1CCCN1C(=O)[C@H](CO)NC(=O)[C@@H](N)CC(=O)O)C(C)C)C(=O)N[C@H](C(=O)NCC(=O)N[C@@H](CCSC)C(=O)N[C@@H](CS)C(=O)N[C@H](C(=O)O)[C@@H](C)O)[C@@H](C)O. The van der Waals surface area contributed by atoms with Crippen molar-refractivity contribution >= 4 is 131 Å². The molecule has 0 bridgehead atoms. The Morgan fingerprint density at radius 3 is 1.47 bits per heavy atom. The van der Waals surface area contributed by atoms with E-state index in [0.29, 0.717) is 12.2 Å². The third-order valence-electron chi connectivity index (χ3n) is 17.1. The minimum absolute atomic E-state index is 0.0211. The van der Waals surface area contributed by atoms with Crippen molar-refractivity contribution in [3.05, 3.63) is 0 Å². The van der Waals surface area contributed by atoms with Crippen molar-refractivity contribution < 1.29 is 117 Å². The predicted molar refractivity (Wildman–Crippen MR) is 378 cm³/mol. The van der Waals surface area contributed by atoms with E-state index in [1.54, 1.807) is 34.0 Å². The summed E-state index contributed by atoms with van der Waals surface area (Å²) in [6.07, 6.45) is -1.02. The minimum Gasteiger partial charge on any atom is -0.481 e. The van der Waals surface area contributed by atoms with Crippen LogP contribution in [0.15, 0.2) is 0 Å². The fourth-order valence-corrected chi connectivity index (χ4v) is 11.5. The molecule has 0 saturated carbocycles. The molecule has 2 heterocycles. The fourth-order valence-electron chi connectivity index (χ4n) is 10.8. The summed E-state index contributed by atoms with van der Waals surface area (Å²) in [6.45, 7) is 8.43. The van der Waals surface area contributed by atoms with Gasteiger partial charge in [-0.1, -0.05) is 34.1 Å². The molecule has 2 aliphatic rings. The van der Waals surface area contributed by atoms with Gasteiger partial charge in [0.05, 0.1) is 57.5 Å². The number of thioether (sulfide) groups is 1. The maximum Gasteiger partial charge on any atom is 0.328 e. The third-order valence-corrected chi connectivity index (χ3v) is 18.1. The number of aliphatic hydroxyl groups excluding tert-OH is 4. The van der Waals surface area contributed by atoms with Gasteiger partial charge in [-0.2, -0.15) is 24.4 Å². The molecule has 17 atom stereocenters. The van der Waals surface area contributed by atoms with E-state index in [9.17, 15) is 112 Å². The number of carboxylic acid groups (broad SMARTS) is 2. The number of likely N-dealkylation sites (tertiary alicyclic amines) is 2. The van der Waals surface area contributed by atoms with Gasteiger partial charge in [0.25, 0.3) is 0 Å². The molecule has 0 aromatic carbocycles. The summed E-state index contributed by atoms with van der Waals surface area (Å²) in [7, 11) is 1.22. The number of carbonyl (C=O) groups is 18. The number of aliphatic hydroxyl groups is 4. The van der Waals surface area contributed by atoms with E-state index in [2.05, 4.69) is 81.7 Å². The molecular weight excluding hydrogens is 1440 g/mol. The van der Waals surface area contributed by atoms with E-state index in [4.69, 9.17) is 10.8 Å². The minimum atomic E-state index is -1.72. The Kier molecular flexibility index (Phi) is 39.9. The van der Waals surface area contributed by atoms with E-state index < -0.39 is 254 Å². The molecule has 21 N–H and O–H groups in total. The van der Waals surface area contributed by atoms with Gasteiger partial charge in [0, 0.05) is 25.9 Å². The number of likely N-dealkylation sites (N-methyl/N-ethyl adjacent to an activating group) is 1. The van der Waals surface area contributed by atoms with Crippen LogP contribution in [-0.4, -0.2) is 319 Å². The lowest BCUT2D eigenvalue weighted by Crippen LogP contribution is -2.60. The first-order valence-electron chi connectivity index (χ1n) is 34.2. The first-order valence-corrected chi connectivity index (χ1v) is 36.2. The topological polar surface area (TPSA) is 621 Å². The van der Waals surface area contributed by atoms with Crippen molar-refractivity contribution in [2.75, 3.05) is 70.7 Å². The van der Waals surface area contributed by atoms with Crippen LogP contribution >= 0.6 is 24.4 Å². The van der Waals surface area contributed by atoms with E-state index in [1.807, 2.05) is 0 Å². The van der Waals surface area contributed by atoms with Crippen LogP contribution in [0.25, 0.3) is 0 Å². The second-order valence-electron chi connectivity index (χ2n) is 26.0.